The van der Waals surface area contributed by atoms with Gasteiger partial charge in [0.25, 0.3) is 5.56 Å². The molecular weight excluding hydrogens is 324 g/mol. The third kappa shape index (κ3) is 2.71. The van der Waals surface area contributed by atoms with Gasteiger partial charge >= 0.3 is 0 Å². The molecule has 0 spiro atoms. The Bertz CT molecular complexity index is 949. The number of aromatic nitrogens is 2. The summed E-state index contributed by atoms with van der Waals surface area (Å²) in [5.41, 5.74) is 5.72. The van der Waals surface area contributed by atoms with Crippen molar-refractivity contribution in [3.8, 4) is 5.69 Å². The lowest BCUT2D eigenvalue weighted by atomic mass is 10.2. The molecule has 7 heteroatoms. The summed E-state index contributed by atoms with van der Waals surface area (Å²) in [6, 6.07) is 6.94. The summed E-state index contributed by atoms with van der Waals surface area (Å²) in [5, 5.41) is 0.547. The first-order chi connectivity index (χ1) is 10.9. The Balaban J connectivity index is 2.46. The van der Waals surface area contributed by atoms with Gasteiger partial charge in [0.15, 0.2) is 0 Å². The van der Waals surface area contributed by atoms with Crippen LogP contribution in [-0.2, 0) is 0 Å². The average molecular weight is 336 g/mol. The first-order valence-corrected chi connectivity index (χ1v) is 7.19. The highest BCUT2D eigenvalue weighted by Gasteiger charge is 2.17. The predicted molar refractivity (Wildman–Crippen MR) is 84.9 cm³/mol. The molecule has 2 aromatic carbocycles. The fraction of sp³-hybridized carbons (Fsp3) is 0.125. The Morgan fingerprint density at radius 3 is 2.48 bits per heavy atom. The van der Waals surface area contributed by atoms with Crippen LogP contribution in [0.3, 0.4) is 0 Å². The van der Waals surface area contributed by atoms with Gasteiger partial charge in [0.1, 0.15) is 17.5 Å². The van der Waals surface area contributed by atoms with Gasteiger partial charge in [-0.25, -0.2) is 13.8 Å². The smallest absolute Gasteiger partial charge is 0.266 e. The van der Waals surface area contributed by atoms with E-state index in [1.165, 1.54) is 0 Å². The summed E-state index contributed by atoms with van der Waals surface area (Å²) in [5.74, 6) is -1.43. The maximum absolute atomic E-state index is 13.5. The lowest BCUT2D eigenvalue weighted by Crippen LogP contribution is -2.27. The third-order valence-electron chi connectivity index (χ3n) is 3.39. The summed E-state index contributed by atoms with van der Waals surface area (Å²) in [4.78, 5) is 17.1. The normalized spacial score (nSPS) is 12.6. The molecule has 0 aliphatic carbocycles. The number of rotatable bonds is 2. The van der Waals surface area contributed by atoms with Crippen LogP contribution in [-0.4, -0.2) is 9.55 Å². The summed E-state index contributed by atoms with van der Waals surface area (Å²) in [7, 11) is 0. The Morgan fingerprint density at radius 1 is 1.22 bits per heavy atom. The number of benzene rings is 2. The van der Waals surface area contributed by atoms with E-state index in [-0.39, 0.29) is 16.9 Å². The highest BCUT2D eigenvalue weighted by Crippen LogP contribution is 2.23. The van der Waals surface area contributed by atoms with Crippen molar-refractivity contribution in [2.24, 2.45) is 5.73 Å². The van der Waals surface area contributed by atoms with Crippen molar-refractivity contribution < 1.29 is 8.78 Å². The number of halogens is 3. The van der Waals surface area contributed by atoms with Gasteiger partial charge in [-0.05, 0) is 31.2 Å². The topological polar surface area (TPSA) is 60.9 Å². The maximum Gasteiger partial charge on any atom is 0.266 e. The highest BCUT2D eigenvalue weighted by molar-refractivity contribution is 6.34. The molecule has 4 nitrogen and oxygen atoms in total. The number of hydrogen-bond donors (Lipinski definition) is 1. The van der Waals surface area contributed by atoms with E-state index in [1.807, 2.05) is 0 Å². The molecule has 1 aromatic heterocycles. The van der Waals surface area contributed by atoms with E-state index in [0.717, 1.165) is 22.8 Å². The van der Waals surface area contributed by atoms with E-state index >= 15 is 0 Å². The molecular formula is C16H12ClF2N3O. The summed E-state index contributed by atoms with van der Waals surface area (Å²) >= 11 is 6.08. The van der Waals surface area contributed by atoms with Crippen molar-refractivity contribution in [1.29, 1.82) is 0 Å². The Morgan fingerprint density at radius 2 is 1.87 bits per heavy atom. The number of fused-ring (bicyclic) bond motifs is 1. The zero-order valence-electron chi connectivity index (χ0n) is 12.1. The monoisotopic (exact) mass is 335 g/mol. The quantitative estimate of drug-likeness (QED) is 0.781. The van der Waals surface area contributed by atoms with Crippen LogP contribution in [0.2, 0.25) is 5.02 Å². The molecule has 23 heavy (non-hydrogen) atoms. The summed E-state index contributed by atoms with van der Waals surface area (Å²) < 4.78 is 28.2. The van der Waals surface area contributed by atoms with Gasteiger partial charge in [-0.2, -0.15) is 0 Å². The van der Waals surface area contributed by atoms with E-state index < -0.39 is 23.2 Å². The first-order valence-electron chi connectivity index (χ1n) is 6.81. The van der Waals surface area contributed by atoms with Crippen LogP contribution >= 0.6 is 11.6 Å². The molecule has 0 aliphatic rings. The summed E-state index contributed by atoms with van der Waals surface area (Å²) in [6.45, 7) is 1.62. The van der Waals surface area contributed by atoms with Crippen molar-refractivity contribution in [3.05, 3.63) is 69.2 Å². The molecule has 0 radical (unpaired) electrons. The maximum atomic E-state index is 13.5. The second kappa shape index (κ2) is 5.72. The Kier molecular flexibility index (Phi) is 3.87. The summed E-state index contributed by atoms with van der Waals surface area (Å²) in [6.07, 6.45) is 0. The number of para-hydroxylation sites is 1. The molecule has 1 heterocycles. The van der Waals surface area contributed by atoms with Crippen molar-refractivity contribution in [1.82, 2.24) is 9.55 Å². The van der Waals surface area contributed by atoms with Crippen molar-refractivity contribution in [2.45, 2.75) is 13.0 Å². The SMILES string of the molecule is CC(N)c1nc2c(Cl)cccc2c(=O)n1-c1cc(F)cc(F)c1. The zero-order chi connectivity index (χ0) is 16.7. The minimum absolute atomic E-state index is 0.0224. The van der Waals surface area contributed by atoms with Gasteiger partial charge in [0.2, 0.25) is 0 Å². The van der Waals surface area contributed by atoms with E-state index in [1.54, 1.807) is 25.1 Å². The minimum Gasteiger partial charge on any atom is -0.322 e. The van der Waals surface area contributed by atoms with Gasteiger partial charge < -0.3 is 5.73 Å². The molecule has 0 saturated heterocycles. The van der Waals surface area contributed by atoms with Gasteiger partial charge in [-0.15, -0.1) is 0 Å². The van der Waals surface area contributed by atoms with Crippen molar-refractivity contribution in [2.75, 3.05) is 0 Å². The number of nitrogens with zero attached hydrogens (tertiary/aromatic N) is 2. The van der Waals surface area contributed by atoms with E-state index in [4.69, 9.17) is 17.3 Å². The fourth-order valence-electron chi connectivity index (χ4n) is 2.41. The van der Waals surface area contributed by atoms with Crippen LogP contribution in [0.25, 0.3) is 16.6 Å². The molecule has 0 aliphatic heterocycles. The predicted octanol–water partition coefficient (Wildman–Crippen LogP) is 3.34. The van der Waals surface area contributed by atoms with Crippen LogP contribution in [0.5, 0.6) is 0 Å². The molecule has 1 atom stereocenters. The van der Waals surface area contributed by atoms with E-state index in [2.05, 4.69) is 4.98 Å². The van der Waals surface area contributed by atoms with Crippen LogP contribution < -0.4 is 11.3 Å². The van der Waals surface area contributed by atoms with Crippen LogP contribution in [0.1, 0.15) is 18.8 Å². The Labute approximate surface area is 135 Å². The molecule has 3 rings (SSSR count). The Hall–Kier alpha value is -2.31. The molecule has 0 fully saturated rings. The average Bonchev–Trinajstić information content (AvgIpc) is 2.46. The third-order valence-corrected chi connectivity index (χ3v) is 3.69. The van der Waals surface area contributed by atoms with Gasteiger partial charge in [0.05, 0.1) is 27.7 Å². The van der Waals surface area contributed by atoms with E-state index in [9.17, 15) is 13.6 Å². The van der Waals surface area contributed by atoms with Crippen LogP contribution in [0.4, 0.5) is 8.78 Å². The lowest BCUT2D eigenvalue weighted by molar-refractivity contribution is 0.579. The van der Waals surface area contributed by atoms with Gasteiger partial charge in [-0.1, -0.05) is 17.7 Å². The van der Waals surface area contributed by atoms with Crippen molar-refractivity contribution in [3.63, 3.8) is 0 Å². The minimum atomic E-state index is -0.797. The molecule has 118 valence electrons. The van der Waals surface area contributed by atoms with Crippen LogP contribution in [0, 0.1) is 11.6 Å². The van der Waals surface area contributed by atoms with Crippen LogP contribution in [0.15, 0.2) is 41.2 Å². The molecule has 1 unspecified atom stereocenters. The lowest BCUT2D eigenvalue weighted by Gasteiger charge is -2.16. The largest absolute Gasteiger partial charge is 0.322 e. The molecule has 0 saturated carbocycles. The van der Waals surface area contributed by atoms with Gasteiger partial charge in [-0.3, -0.25) is 9.36 Å². The van der Waals surface area contributed by atoms with Gasteiger partial charge in [0, 0.05) is 6.07 Å². The van der Waals surface area contributed by atoms with Crippen molar-refractivity contribution >= 4 is 22.5 Å². The first kappa shape index (κ1) is 15.6. The molecule has 3 aromatic rings. The molecule has 0 amide bonds. The molecule has 0 bridgehead atoms. The fourth-order valence-corrected chi connectivity index (χ4v) is 2.63. The van der Waals surface area contributed by atoms with E-state index in [0.29, 0.717) is 10.5 Å². The molecule has 2 N–H and O–H groups in total. The number of nitrogens with two attached hydrogens (primary N) is 1. The second-order valence-electron chi connectivity index (χ2n) is 5.16. The zero-order valence-corrected chi connectivity index (χ0v) is 12.8. The highest BCUT2D eigenvalue weighted by atomic mass is 35.5. The number of hydrogen-bond acceptors (Lipinski definition) is 3. The second-order valence-corrected chi connectivity index (χ2v) is 5.57. The standard InChI is InChI=1S/C16H12ClF2N3O/c1-8(20)15-21-14-12(3-2-4-13(14)17)16(23)22(15)11-6-9(18)5-10(19)7-11/h2-8H,20H2,1H3.